The van der Waals surface area contributed by atoms with Crippen LogP contribution < -0.4 is 5.73 Å². The second kappa shape index (κ2) is 3.94. The van der Waals surface area contributed by atoms with Crippen LogP contribution in [0.5, 0.6) is 0 Å². The molecule has 84 valence electrons. The SMILES string of the molecule is NCc1coc(C2CCCS(=O)(=O)C2)n1. The van der Waals surface area contributed by atoms with Crippen molar-refractivity contribution >= 4 is 9.84 Å². The molecule has 0 bridgehead atoms. The second-order valence-corrected chi connectivity index (χ2v) is 6.06. The molecule has 1 saturated heterocycles. The third kappa shape index (κ3) is 2.38. The van der Waals surface area contributed by atoms with Gasteiger partial charge in [0.2, 0.25) is 0 Å². The summed E-state index contributed by atoms with van der Waals surface area (Å²) in [6, 6.07) is 0. The van der Waals surface area contributed by atoms with E-state index < -0.39 is 9.84 Å². The molecule has 15 heavy (non-hydrogen) atoms. The maximum atomic E-state index is 11.4. The standard InChI is InChI=1S/C9H14N2O3S/c10-4-8-5-14-9(11-8)7-2-1-3-15(12,13)6-7/h5,7H,1-4,6,10H2. The summed E-state index contributed by atoms with van der Waals surface area (Å²) in [5, 5.41) is 0. The molecule has 1 atom stereocenters. The van der Waals surface area contributed by atoms with Gasteiger partial charge in [0.05, 0.1) is 17.2 Å². The van der Waals surface area contributed by atoms with Crippen LogP contribution in [0, 0.1) is 0 Å². The largest absolute Gasteiger partial charge is 0.448 e. The summed E-state index contributed by atoms with van der Waals surface area (Å²) in [5.41, 5.74) is 6.08. The number of hydrogen-bond donors (Lipinski definition) is 1. The van der Waals surface area contributed by atoms with Gasteiger partial charge in [0.1, 0.15) is 6.26 Å². The molecule has 1 unspecified atom stereocenters. The Morgan fingerprint density at radius 3 is 3.00 bits per heavy atom. The molecule has 1 aliphatic heterocycles. The van der Waals surface area contributed by atoms with Crippen LogP contribution in [-0.2, 0) is 16.4 Å². The number of sulfone groups is 1. The Labute approximate surface area is 88.6 Å². The van der Waals surface area contributed by atoms with Crippen molar-refractivity contribution in [1.82, 2.24) is 4.98 Å². The Kier molecular flexibility index (Phi) is 2.79. The molecule has 0 aromatic carbocycles. The summed E-state index contributed by atoms with van der Waals surface area (Å²) < 4.78 is 28.1. The fourth-order valence-electron chi connectivity index (χ4n) is 1.82. The topological polar surface area (TPSA) is 86.2 Å². The van der Waals surface area contributed by atoms with Crippen LogP contribution in [0.25, 0.3) is 0 Å². The Morgan fingerprint density at radius 2 is 2.40 bits per heavy atom. The van der Waals surface area contributed by atoms with E-state index in [2.05, 4.69) is 4.98 Å². The number of nitrogens with zero attached hydrogens (tertiary/aromatic N) is 1. The Hall–Kier alpha value is -0.880. The van der Waals surface area contributed by atoms with E-state index in [9.17, 15) is 8.42 Å². The van der Waals surface area contributed by atoms with Gasteiger partial charge in [-0.3, -0.25) is 0 Å². The number of rotatable bonds is 2. The van der Waals surface area contributed by atoms with Crippen molar-refractivity contribution in [2.75, 3.05) is 11.5 Å². The zero-order valence-electron chi connectivity index (χ0n) is 8.35. The fourth-order valence-corrected chi connectivity index (χ4v) is 3.52. The normalized spacial score (nSPS) is 25.3. The number of oxazole rings is 1. The summed E-state index contributed by atoms with van der Waals surface area (Å²) >= 11 is 0. The first-order chi connectivity index (χ1) is 7.11. The lowest BCUT2D eigenvalue weighted by atomic mass is 10.1. The van der Waals surface area contributed by atoms with Gasteiger partial charge in [-0.15, -0.1) is 0 Å². The van der Waals surface area contributed by atoms with Crippen molar-refractivity contribution in [3.05, 3.63) is 17.8 Å². The average Bonchev–Trinajstić information content (AvgIpc) is 2.64. The molecular weight excluding hydrogens is 216 g/mol. The summed E-state index contributed by atoms with van der Waals surface area (Å²) in [4.78, 5) is 4.16. The van der Waals surface area contributed by atoms with E-state index in [-0.39, 0.29) is 17.4 Å². The predicted octanol–water partition coefficient (Wildman–Crippen LogP) is 0.425. The van der Waals surface area contributed by atoms with Crippen LogP contribution >= 0.6 is 0 Å². The van der Waals surface area contributed by atoms with Crippen molar-refractivity contribution in [2.24, 2.45) is 5.73 Å². The molecule has 0 saturated carbocycles. The van der Waals surface area contributed by atoms with Gasteiger partial charge in [0.25, 0.3) is 0 Å². The zero-order chi connectivity index (χ0) is 10.9. The van der Waals surface area contributed by atoms with Gasteiger partial charge in [0, 0.05) is 12.5 Å². The van der Waals surface area contributed by atoms with Crippen LogP contribution in [0.4, 0.5) is 0 Å². The molecule has 1 aliphatic rings. The Bertz CT molecular complexity index is 438. The van der Waals surface area contributed by atoms with Crippen LogP contribution in [0.2, 0.25) is 0 Å². The Balaban J connectivity index is 2.17. The van der Waals surface area contributed by atoms with Gasteiger partial charge in [0.15, 0.2) is 15.7 Å². The third-order valence-electron chi connectivity index (χ3n) is 2.59. The molecule has 0 amide bonds. The highest BCUT2D eigenvalue weighted by molar-refractivity contribution is 7.91. The van der Waals surface area contributed by atoms with Crippen LogP contribution in [-0.4, -0.2) is 24.9 Å². The zero-order valence-corrected chi connectivity index (χ0v) is 9.16. The van der Waals surface area contributed by atoms with Crippen LogP contribution in [0.3, 0.4) is 0 Å². The molecule has 1 aromatic rings. The third-order valence-corrected chi connectivity index (χ3v) is 4.41. The van der Waals surface area contributed by atoms with Gasteiger partial charge in [-0.05, 0) is 12.8 Å². The minimum atomic E-state index is -2.91. The molecule has 2 rings (SSSR count). The van der Waals surface area contributed by atoms with Crippen LogP contribution in [0.15, 0.2) is 10.7 Å². The minimum absolute atomic E-state index is 0.0935. The first kappa shape index (κ1) is 10.6. The quantitative estimate of drug-likeness (QED) is 0.796. The maximum absolute atomic E-state index is 11.4. The second-order valence-electron chi connectivity index (χ2n) is 3.83. The maximum Gasteiger partial charge on any atom is 0.198 e. The molecule has 0 radical (unpaired) electrons. The van der Waals surface area contributed by atoms with Crippen LogP contribution in [0.1, 0.15) is 30.3 Å². The van der Waals surface area contributed by atoms with Crippen molar-refractivity contribution in [2.45, 2.75) is 25.3 Å². The lowest BCUT2D eigenvalue weighted by Gasteiger charge is -2.18. The van der Waals surface area contributed by atoms with Gasteiger partial charge in [-0.25, -0.2) is 13.4 Å². The highest BCUT2D eigenvalue weighted by Gasteiger charge is 2.28. The first-order valence-electron chi connectivity index (χ1n) is 4.95. The minimum Gasteiger partial charge on any atom is -0.448 e. The monoisotopic (exact) mass is 230 g/mol. The lowest BCUT2D eigenvalue weighted by molar-refractivity contribution is 0.434. The van der Waals surface area contributed by atoms with Crippen molar-refractivity contribution < 1.29 is 12.8 Å². The Morgan fingerprint density at radius 1 is 1.60 bits per heavy atom. The van der Waals surface area contributed by atoms with E-state index in [0.717, 1.165) is 6.42 Å². The number of hydrogen-bond acceptors (Lipinski definition) is 5. The van der Waals surface area contributed by atoms with E-state index in [4.69, 9.17) is 10.2 Å². The highest BCUT2D eigenvalue weighted by atomic mass is 32.2. The molecule has 1 fully saturated rings. The molecule has 2 heterocycles. The average molecular weight is 230 g/mol. The van der Waals surface area contributed by atoms with Crippen molar-refractivity contribution in [3.63, 3.8) is 0 Å². The summed E-state index contributed by atoms with van der Waals surface area (Å²) in [6.45, 7) is 0.322. The van der Waals surface area contributed by atoms with E-state index in [0.29, 0.717) is 24.6 Å². The molecule has 0 aliphatic carbocycles. The molecule has 2 N–H and O–H groups in total. The molecule has 0 spiro atoms. The summed E-state index contributed by atoms with van der Waals surface area (Å²) in [5.74, 6) is 0.855. The number of aromatic nitrogens is 1. The summed E-state index contributed by atoms with van der Waals surface area (Å²) in [7, 11) is -2.91. The van der Waals surface area contributed by atoms with Gasteiger partial charge >= 0.3 is 0 Å². The number of nitrogens with two attached hydrogens (primary N) is 1. The van der Waals surface area contributed by atoms with Crippen molar-refractivity contribution in [1.29, 1.82) is 0 Å². The first-order valence-corrected chi connectivity index (χ1v) is 6.77. The van der Waals surface area contributed by atoms with Gasteiger partial charge in [-0.1, -0.05) is 0 Å². The molecule has 6 heteroatoms. The highest BCUT2D eigenvalue weighted by Crippen LogP contribution is 2.27. The molecule has 5 nitrogen and oxygen atoms in total. The van der Waals surface area contributed by atoms with Gasteiger partial charge in [-0.2, -0.15) is 0 Å². The van der Waals surface area contributed by atoms with E-state index in [1.54, 1.807) is 0 Å². The summed E-state index contributed by atoms with van der Waals surface area (Å²) in [6.07, 6.45) is 3.01. The fraction of sp³-hybridized carbons (Fsp3) is 0.667. The van der Waals surface area contributed by atoms with Gasteiger partial charge < -0.3 is 10.2 Å². The smallest absolute Gasteiger partial charge is 0.198 e. The predicted molar refractivity (Wildman–Crippen MR) is 55.0 cm³/mol. The molecule has 1 aromatic heterocycles. The van der Waals surface area contributed by atoms with E-state index in [1.807, 2.05) is 0 Å². The van der Waals surface area contributed by atoms with E-state index in [1.165, 1.54) is 6.26 Å². The van der Waals surface area contributed by atoms with Crippen molar-refractivity contribution in [3.8, 4) is 0 Å². The van der Waals surface area contributed by atoms with E-state index >= 15 is 0 Å². The lowest BCUT2D eigenvalue weighted by Crippen LogP contribution is -2.23. The molecular formula is C9H14N2O3S.